The van der Waals surface area contributed by atoms with Crippen LogP contribution in [0.25, 0.3) is 33.7 Å². The summed E-state index contributed by atoms with van der Waals surface area (Å²) in [5.41, 5.74) is 4.32. The van der Waals surface area contributed by atoms with E-state index in [-0.39, 0.29) is 0 Å². The summed E-state index contributed by atoms with van der Waals surface area (Å²) in [7, 11) is 0. The first-order chi connectivity index (χ1) is 11.8. The molecule has 0 atom stereocenters. The van der Waals surface area contributed by atoms with Gasteiger partial charge in [-0.15, -0.1) is 0 Å². The zero-order valence-corrected chi connectivity index (χ0v) is 14.2. The molecule has 0 spiro atoms. The number of imidazole rings is 1. The Morgan fingerprint density at radius 1 is 0.917 bits per heavy atom. The minimum Gasteiger partial charge on any atom is -0.307 e. The van der Waals surface area contributed by atoms with E-state index in [1.54, 1.807) is 0 Å². The third-order valence-electron chi connectivity index (χ3n) is 4.10. The molecule has 0 unspecified atom stereocenters. The fraction of sp³-hybridized carbons (Fsp3) is 0.211. The van der Waals surface area contributed by atoms with Gasteiger partial charge in [-0.25, -0.2) is 15.0 Å². The maximum absolute atomic E-state index is 6.02. The van der Waals surface area contributed by atoms with Crippen LogP contribution in [0.3, 0.4) is 0 Å². The fourth-order valence-corrected chi connectivity index (χ4v) is 2.97. The van der Waals surface area contributed by atoms with E-state index in [9.17, 15) is 0 Å². The number of fused-ring (bicyclic) bond motifs is 2. The Balaban J connectivity index is 1.96. The van der Waals surface area contributed by atoms with Crippen LogP contribution in [0.5, 0.6) is 0 Å². The normalized spacial score (nSPS) is 11.4. The number of rotatable bonds is 4. The number of benzene rings is 2. The number of aryl methyl sites for hydroxylation is 1. The first kappa shape index (κ1) is 15.1. The monoisotopic (exact) mass is 336 g/mol. The van der Waals surface area contributed by atoms with Gasteiger partial charge < -0.3 is 4.57 Å². The van der Waals surface area contributed by atoms with Crippen molar-refractivity contribution < 1.29 is 0 Å². The number of aromatic nitrogens is 4. The lowest BCUT2D eigenvalue weighted by atomic mass is 10.2. The van der Waals surface area contributed by atoms with Crippen molar-refractivity contribution in [3.8, 4) is 11.4 Å². The quantitative estimate of drug-likeness (QED) is 0.520. The molecule has 2 aromatic carbocycles. The van der Waals surface area contributed by atoms with E-state index in [2.05, 4.69) is 16.5 Å². The number of unbranched alkanes of at least 4 members (excludes halogenated alkanes) is 1. The van der Waals surface area contributed by atoms with Gasteiger partial charge in [0.25, 0.3) is 0 Å². The minimum absolute atomic E-state index is 0.690. The predicted octanol–water partition coefficient (Wildman–Crippen LogP) is 5.10. The lowest BCUT2D eigenvalue weighted by Gasteiger charge is -2.08. The van der Waals surface area contributed by atoms with Gasteiger partial charge in [-0.2, -0.15) is 0 Å². The molecule has 0 saturated heterocycles. The Labute approximate surface area is 145 Å². The van der Waals surface area contributed by atoms with Gasteiger partial charge >= 0.3 is 0 Å². The molecule has 2 heterocycles. The van der Waals surface area contributed by atoms with E-state index >= 15 is 0 Å². The number of para-hydroxylation sites is 2. The lowest BCUT2D eigenvalue weighted by Crippen LogP contribution is -2.02. The van der Waals surface area contributed by atoms with E-state index in [0.29, 0.717) is 5.65 Å². The molecular weight excluding hydrogens is 320 g/mol. The molecule has 2 aromatic heterocycles. The zero-order valence-electron chi connectivity index (χ0n) is 13.4. The Morgan fingerprint density at radius 2 is 1.62 bits per heavy atom. The SMILES string of the molecule is CCCCn1c(-c2ccc(Cl)cc2)nc2nc3ccccc3nc21. The maximum atomic E-state index is 6.02. The standard InChI is InChI=1S/C19H17ClN4/c1-2-3-12-24-18(13-8-10-14(20)11-9-13)23-17-19(24)22-16-7-5-4-6-15(16)21-17/h4-11H,2-3,12H2,1H3. The molecule has 4 nitrogen and oxygen atoms in total. The maximum Gasteiger partial charge on any atom is 0.198 e. The molecule has 0 bridgehead atoms. The van der Waals surface area contributed by atoms with Crippen molar-refractivity contribution in [1.82, 2.24) is 19.5 Å². The number of halogens is 1. The smallest absolute Gasteiger partial charge is 0.198 e. The second-order valence-electron chi connectivity index (χ2n) is 5.81. The molecule has 0 aliphatic carbocycles. The summed E-state index contributed by atoms with van der Waals surface area (Å²) in [6.07, 6.45) is 2.18. The average molecular weight is 337 g/mol. The van der Waals surface area contributed by atoms with E-state index in [1.165, 1.54) is 0 Å². The molecule has 0 aliphatic rings. The van der Waals surface area contributed by atoms with Crippen LogP contribution < -0.4 is 0 Å². The summed E-state index contributed by atoms with van der Waals surface area (Å²) >= 11 is 6.02. The third kappa shape index (κ3) is 2.63. The molecule has 0 amide bonds. The van der Waals surface area contributed by atoms with E-state index in [4.69, 9.17) is 21.6 Å². The number of nitrogens with zero attached hydrogens (tertiary/aromatic N) is 4. The summed E-state index contributed by atoms with van der Waals surface area (Å²) in [5.74, 6) is 0.894. The highest BCUT2D eigenvalue weighted by molar-refractivity contribution is 6.30. The van der Waals surface area contributed by atoms with Gasteiger partial charge in [0.1, 0.15) is 5.82 Å². The first-order valence-electron chi connectivity index (χ1n) is 8.15. The second kappa shape index (κ2) is 6.21. The van der Waals surface area contributed by atoms with Crippen molar-refractivity contribution in [2.24, 2.45) is 0 Å². The topological polar surface area (TPSA) is 43.6 Å². The van der Waals surface area contributed by atoms with E-state index in [0.717, 1.165) is 52.5 Å². The van der Waals surface area contributed by atoms with Gasteiger partial charge in [0.2, 0.25) is 0 Å². The van der Waals surface area contributed by atoms with Crippen molar-refractivity contribution in [3.05, 3.63) is 53.6 Å². The lowest BCUT2D eigenvalue weighted by molar-refractivity contribution is 0.647. The van der Waals surface area contributed by atoms with Crippen LogP contribution in [-0.2, 0) is 6.54 Å². The Kier molecular flexibility index (Phi) is 3.90. The summed E-state index contributed by atoms with van der Waals surface area (Å²) in [6, 6.07) is 15.7. The Bertz CT molecular complexity index is 1010. The molecule has 0 fully saturated rings. The molecule has 0 aliphatic heterocycles. The molecule has 0 radical (unpaired) electrons. The molecule has 4 rings (SSSR count). The predicted molar refractivity (Wildman–Crippen MR) is 98.2 cm³/mol. The minimum atomic E-state index is 0.690. The van der Waals surface area contributed by atoms with Crippen molar-refractivity contribution in [2.75, 3.05) is 0 Å². The van der Waals surface area contributed by atoms with Crippen molar-refractivity contribution >= 4 is 33.9 Å². The van der Waals surface area contributed by atoms with Gasteiger partial charge in [-0.05, 0) is 42.8 Å². The number of hydrogen-bond donors (Lipinski definition) is 0. The van der Waals surface area contributed by atoms with E-state index < -0.39 is 0 Å². The van der Waals surface area contributed by atoms with Gasteiger partial charge in [0, 0.05) is 17.1 Å². The molecule has 24 heavy (non-hydrogen) atoms. The van der Waals surface area contributed by atoms with E-state index in [1.807, 2.05) is 48.5 Å². The Morgan fingerprint density at radius 3 is 2.33 bits per heavy atom. The van der Waals surface area contributed by atoms with Gasteiger partial charge in [-0.1, -0.05) is 37.1 Å². The summed E-state index contributed by atoms with van der Waals surface area (Å²) < 4.78 is 2.17. The average Bonchev–Trinajstić information content (AvgIpc) is 2.96. The van der Waals surface area contributed by atoms with Crippen LogP contribution in [0.1, 0.15) is 19.8 Å². The van der Waals surface area contributed by atoms with Crippen LogP contribution in [-0.4, -0.2) is 19.5 Å². The van der Waals surface area contributed by atoms with Gasteiger partial charge in [0.15, 0.2) is 11.3 Å². The molecule has 120 valence electrons. The fourth-order valence-electron chi connectivity index (χ4n) is 2.85. The molecule has 0 N–H and O–H groups in total. The molecule has 4 aromatic rings. The highest BCUT2D eigenvalue weighted by Gasteiger charge is 2.15. The van der Waals surface area contributed by atoms with Crippen molar-refractivity contribution in [3.63, 3.8) is 0 Å². The van der Waals surface area contributed by atoms with Crippen molar-refractivity contribution in [1.29, 1.82) is 0 Å². The van der Waals surface area contributed by atoms with Gasteiger partial charge in [-0.3, -0.25) is 0 Å². The molecular formula is C19H17ClN4. The third-order valence-corrected chi connectivity index (χ3v) is 4.35. The van der Waals surface area contributed by atoms with Crippen LogP contribution in [0.15, 0.2) is 48.5 Å². The summed E-state index contributed by atoms with van der Waals surface area (Å²) in [6.45, 7) is 3.06. The van der Waals surface area contributed by atoms with Crippen LogP contribution in [0, 0.1) is 0 Å². The van der Waals surface area contributed by atoms with Gasteiger partial charge in [0.05, 0.1) is 11.0 Å². The van der Waals surface area contributed by atoms with Crippen LogP contribution in [0.2, 0.25) is 5.02 Å². The summed E-state index contributed by atoms with van der Waals surface area (Å²) in [5, 5.41) is 0.719. The first-order valence-corrected chi connectivity index (χ1v) is 8.53. The summed E-state index contributed by atoms with van der Waals surface area (Å²) in [4.78, 5) is 14.3. The van der Waals surface area contributed by atoms with Crippen LogP contribution in [0.4, 0.5) is 0 Å². The molecule has 5 heteroatoms. The largest absolute Gasteiger partial charge is 0.307 e. The molecule has 0 saturated carbocycles. The Hall–Kier alpha value is -2.46. The van der Waals surface area contributed by atoms with Crippen LogP contribution >= 0.6 is 11.6 Å². The zero-order chi connectivity index (χ0) is 16.5. The highest BCUT2D eigenvalue weighted by atomic mass is 35.5. The van der Waals surface area contributed by atoms with Crippen molar-refractivity contribution in [2.45, 2.75) is 26.3 Å². The highest BCUT2D eigenvalue weighted by Crippen LogP contribution is 2.26. The second-order valence-corrected chi connectivity index (χ2v) is 6.24. The number of hydrogen-bond acceptors (Lipinski definition) is 3.